The summed E-state index contributed by atoms with van der Waals surface area (Å²) in [6.07, 6.45) is 0. The monoisotopic (exact) mass is 459 g/mol. The number of anilines is 3. The van der Waals surface area contributed by atoms with Crippen molar-refractivity contribution in [2.75, 3.05) is 16.2 Å². The van der Waals surface area contributed by atoms with Crippen LogP contribution in [0.3, 0.4) is 0 Å². The first-order chi connectivity index (χ1) is 17.2. The number of para-hydroxylation sites is 1. The van der Waals surface area contributed by atoms with Gasteiger partial charge in [-0.1, -0.05) is 48.5 Å². The molecule has 1 heterocycles. The third-order valence-electron chi connectivity index (χ3n) is 5.21. The number of amides is 1. The van der Waals surface area contributed by atoms with Crippen LogP contribution in [-0.4, -0.2) is 17.3 Å². The summed E-state index contributed by atoms with van der Waals surface area (Å²) in [7, 11) is 0. The maximum atomic E-state index is 13.2. The lowest BCUT2D eigenvalue weighted by Crippen LogP contribution is -2.28. The maximum absolute atomic E-state index is 13.2. The molecule has 5 rings (SSSR count). The van der Waals surface area contributed by atoms with E-state index in [1.54, 1.807) is 12.1 Å². The molecule has 0 radical (unpaired) electrons. The van der Waals surface area contributed by atoms with Gasteiger partial charge in [0.2, 0.25) is 0 Å². The zero-order valence-electron chi connectivity index (χ0n) is 18.6. The van der Waals surface area contributed by atoms with E-state index in [4.69, 9.17) is 5.73 Å². The third-order valence-corrected chi connectivity index (χ3v) is 5.21. The molecule has 8 nitrogen and oxygen atoms in total. The van der Waals surface area contributed by atoms with Gasteiger partial charge in [-0.25, -0.2) is 0 Å². The number of nitrogens with zero attached hydrogens (tertiary/aromatic N) is 5. The molecule has 1 aliphatic rings. The van der Waals surface area contributed by atoms with Crippen molar-refractivity contribution in [3.63, 3.8) is 0 Å². The highest BCUT2D eigenvalue weighted by Crippen LogP contribution is 2.23. The van der Waals surface area contributed by atoms with Crippen molar-refractivity contribution in [3.8, 4) is 0 Å². The van der Waals surface area contributed by atoms with E-state index in [2.05, 4.69) is 25.9 Å². The number of carbonyl (C=O) groups excluding carboxylic acids is 1. The van der Waals surface area contributed by atoms with Crippen LogP contribution in [0.15, 0.2) is 130 Å². The first-order valence-corrected chi connectivity index (χ1v) is 10.9. The van der Waals surface area contributed by atoms with Crippen molar-refractivity contribution in [3.05, 3.63) is 115 Å². The lowest BCUT2D eigenvalue weighted by molar-refractivity contribution is -0.112. The molecule has 1 amide bonds. The Balaban J connectivity index is 1.39. The van der Waals surface area contributed by atoms with E-state index in [-0.39, 0.29) is 11.6 Å². The Morgan fingerprint density at radius 2 is 1.31 bits per heavy atom. The molecule has 0 aliphatic carbocycles. The molecule has 0 aromatic heterocycles. The number of carbonyl (C=O) groups is 1. The van der Waals surface area contributed by atoms with E-state index < -0.39 is 0 Å². The number of azo groups is 1. The van der Waals surface area contributed by atoms with E-state index >= 15 is 0 Å². The molecule has 0 saturated carbocycles. The fourth-order valence-electron chi connectivity index (χ4n) is 3.41. The van der Waals surface area contributed by atoms with Crippen LogP contribution in [0.4, 0.5) is 28.4 Å². The minimum atomic E-state index is -0.330. The van der Waals surface area contributed by atoms with Crippen molar-refractivity contribution in [2.24, 2.45) is 20.4 Å². The molecule has 0 fully saturated rings. The first-order valence-electron chi connectivity index (χ1n) is 10.9. The van der Waals surface area contributed by atoms with Gasteiger partial charge in [0.15, 0.2) is 5.71 Å². The van der Waals surface area contributed by atoms with Crippen LogP contribution in [0.2, 0.25) is 0 Å². The van der Waals surface area contributed by atoms with Crippen molar-refractivity contribution in [1.29, 1.82) is 0 Å². The van der Waals surface area contributed by atoms with Gasteiger partial charge in [-0.05, 0) is 60.7 Å². The standard InChI is InChI=1S/C27H21N7O/c28-20-13-11-19(12-14-20)25-26(27(35)34(33-25)24-9-5-2-6-10-24)32-31-23-17-15-22(16-18-23)30-29-21-7-3-1-4-8-21/h1-18,31H,28H2/b30-29+,32-26-. The summed E-state index contributed by atoms with van der Waals surface area (Å²) in [6, 6.07) is 33.2. The fourth-order valence-corrected chi connectivity index (χ4v) is 3.41. The summed E-state index contributed by atoms with van der Waals surface area (Å²) in [4.78, 5) is 13.2. The highest BCUT2D eigenvalue weighted by atomic mass is 16.2. The van der Waals surface area contributed by atoms with Gasteiger partial charge < -0.3 is 5.73 Å². The van der Waals surface area contributed by atoms with E-state index in [9.17, 15) is 4.79 Å². The van der Waals surface area contributed by atoms with Crippen LogP contribution < -0.4 is 16.2 Å². The summed E-state index contributed by atoms with van der Waals surface area (Å²) in [6.45, 7) is 0. The largest absolute Gasteiger partial charge is 0.399 e. The minimum Gasteiger partial charge on any atom is -0.399 e. The Labute approximate surface area is 202 Å². The summed E-state index contributed by atoms with van der Waals surface area (Å²) >= 11 is 0. The molecular weight excluding hydrogens is 438 g/mol. The van der Waals surface area contributed by atoms with Crippen LogP contribution in [0.25, 0.3) is 0 Å². The average Bonchev–Trinajstić information content (AvgIpc) is 3.24. The molecule has 0 unspecified atom stereocenters. The highest BCUT2D eigenvalue weighted by molar-refractivity contribution is 6.74. The molecule has 8 heteroatoms. The molecule has 0 bridgehead atoms. The van der Waals surface area contributed by atoms with Gasteiger partial charge in [0.05, 0.1) is 22.7 Å². The molecular formula is C27H21N7O. The van der Waals surface area contributed by atoms with Gasteiger partial charge in [0.25, 0.3) is 0 Å². The molecule has 1 aliphatic heterocycles. The third kappa shape index (κ3) is 4.96. The molecule has 35 heavy (non-hydrogen) atoms. The van der Waals surface area contributed by atoms with E-state index in [1.807, 2.05) is 97.1 Å². The lowest BCUT2D eigenvalue weighted by atomic mass is 10.1. The molecule has 0 atom stereocenters. The number of benzene rings is 4. The van der Waals surface area contributed by atoms with E-state index in [1.165, 1.54) is 5.01 Å². The Kier molecular flexibility index (Phi) is 6.08. The number of hydrogen-bond donors (Lipinski definition) is 2. The molecule has 0 saturated heterocycles. The smallest absolute Gasteiger partial charge is 0.301 e. The molecule has 170 valence electrons. The SMILES string of the molecule is Nc1ccc(C2=NN(c3ccccc3)C(=O)/C2=N\Nc2ccc(/N=N/c3ccccc3)cc2)cc1. The van der Waals surface area contributed by atoms with Gasteiger partial charge in [-0.15, -0.1) is 0 Å². The molecule has 4 aromatic carbocycles. The average molecular weight is 460 g/mol. The van der Waals surface area contributed by atoms with Gasteiger partial charge in [-0.2, -0.15) is 25.4 Å². The number of nitrogens with two attached hydrogens (primary N) is 1. The maximum Gasteiger partial charge on any atom is 0.301 e. The Bertz CT molecular complexity index is 1410. The second-order valence-electron chi connectivity index (χ2n) is 7.68. The number of hydrazone groups is 2. The number of hydrogen-bond acceptors (Lipinski definition) is 7. The summed E-state index contributed by atoms with van der Waals surface area (Å²) in [5, 5.41) is 18.8. The number of nitrogen functional groups attached to an aromatic ring is 1. The van der Waals surface area contributed by atoms with Crippen LogP contribution in [0, 0.1) is 0 Å². The second-order valence-corrected chi connectivity index (χ2v) is 7.68. The Morgan fingerprint density at radius 1 is 0.714 bits per heavy atom. The molecule has 4 aromatic rings. The number of rotatable bonds is 6. The predicted molar refractivity (Wildman–Crippen MR) is 139 cm³/mol. The van der Waals surface area contributed by atoms with Gasteiger partial charge >= 0.3 is 5.91 Å². The normalized spacial score (nSPS) is 14.5. The quantitative estimate of drug-likeness (QED) is 0.213. The lowest BCUT2D eigenvalue weighted by Gasteiger charge is -2.10. The topological polar surface area (TPSA) is 108 Å². The summed E-state index contributed by atoms with van der Waals surface area (Å²) < 4.78 is 0. The van der Waals surface area contributed by atoms with Crippen LogP contribution in [0.5, 0.6) is 0 Å². The summed E-state index contributed by atoms with van der Waals surface area (Å²) in [5.41, 5.74) is 13.6. The fraction of sp³-hybridized carbons (Fsp3) is 0. The van der Waals surface area contributed by atoms with Crippen molar-refractivity contribution >= 4 is 45.8 Å². The number of nitrogens with one attached hydrogen (secondary N) is 1. The zero-order chi connectivity index (χ0) is 24.0. The minimum absolute atomic E-state index is 0.200. The predicted octanol–water partition coefficient (Wildman–Crippen LogP) is 5.90. The van der Waals surface area contributed by atoms with Crippen LogP contribution in [0.1, 0.15) is 5.56 Å². The zero-order valence-corrected chi connectivity index (χ0v) is 18.6. The van der Waals surface area contributed by atoms with E-state index in [0.29, 0.717) is 28.5 Å². The van der Waals surface area contributed by atoms with Gasteiger partial charge in [0.1, 0.15) is 5.71 Å². The Hall–Kier alpha value is -5.11. The second kappa shape index (κ2) is 9.80. The van der Waals surface area contributed by atoms with Crippen molar-refractivity contribution in [1.82, 2.24) is 0 Å². The van der Waals surface area contributed by atoms with Gasteiger partial charge in [0, 0.05) is 11.3 Å². The van der Waals surface area contributed by atoms with E-state index in [0.717, 1.165) is 11.3 Å². The van der Waals surface area contributed by atoms with Crippen molar-refractivity contribution in [2.45, 2.75) is 0 Å². The molecule has 3 N–H and O–H groups in total. The first kappa shape index (κ1) is 21.7. The molecule has 0 spiro atoms. The highest BCUT2D eigenvalue weighted by Gasteiger charge is 2.34. The van der Waals surface area contributed by atoms with Crippen LogP contribution >= 0.6 is 0 Å². The summed E-state index contributed by atoms with van der Waals surface area (Å²) in [5.74, 6) is -0.330. The van der Waals surface area contributed by atoms with Gasteiger partial charge in [-0.3, -0.25) is 10.2 Å². The Morgan fingerprint density at radius 3 is 1.97 bits per heavy atom. The van der Waals surface area contributed by atoms with Crippen molar-refractivity contribution < 1.29 is 4.79 Å². The van der Waals surface area contributed by atoms with Crippen LogP contribution in [-0.2, 0) is 4.79 Å².